The Morgan fingerprint density at radius 2 is 1.88 bits per heavy atom. The number of aromatic nitrogens is 2. The Labute approximate surface area is 109 Å². The molecule has 5 heteroatoms. The van der Waals surface area contributed by atoms with E-state index in [0.717, 1.165) is 12.0 Å². The van der Waals surface area contributed by atoms with Crippen molar-refractivity contribution in [3.8, 4) is 0 Å². The molecule has 2 aromatic rings. The standard InChI is InChI=1S/C12H10Cl2N2O/c13-10-11(14)15-8-16(12(10)17)7-6-9-4-2-1-3-5-9/h1-5,8H,6-7H2. The average Bonchev–Trinajstić information content (AvgIpc) is 2.36. The van der Waals surface area contributed by atoms with E-state index in [0.29, 0.717) is 6.54 Å². The molecular weight excluding hydrogens is 259 g/mol. The van der Waals surface area contributed by atoms with E-state index in [1.807, 2.05) is 30.3 Å². The zero-order chi connectivity index (χ0) is 12.3. The van der Waals surface area contributed by atoms with E-state index in [2.05, 4.69) is 4.98 Å². The minimum absolute atomic E-state index is 0.0257. The molecule has 0 N–H and O–H groups in total. The summed E-state index contributed by atoms with van der Waals surface area (Å²) in [5.74, 6) is 0. The normalized spacial score (nSPS) is 10.5. The zero-order valence-corrected chi connectivity index (χ0v) is 10.4. The maximum atomic E-state index is 11.7. The molecule has 3 nitrogen and oxygen atoms in total. The maximum Gasteiger partial charge on any atom is 0.273 e. The van der Waals surface area contributed by atoms with Gasteiger partial charge in [-0.2, -0.15) is 0 Å². The van der Waals surface area contributed by atoms with E-state index in [4.69, 9.17) is 23.2 Å². The highest BCUT2D eigenvalue weighted by Crippen LogP contribution is 2.12. The average molecular weight is 269 g/mol. The lowest BCUT2D eigenvalue weighted by atomic mass is 10.1. The van der Waals surface area contributed by atoms with Crippen molar-refractivity contribution in [3.05, 3.63) is 62.8 Å². The van der Waals surface area contributed by atoms with Gasteiger partial charge in [-0.25, -0.2) is 4.98 Å². The van der Waals surface area contributed by atoms with Crippen molar-refractivity contribution in [2.45, 2.75) is 13.0 Å². The summed E-state index contributed by atoms with van der Waals surface area (Å²) in [5.41, 5.74) is 0.855. The second-order valence-corrected chi connectivity index (χ2v) is 4.32. The molecule has 0 amide bonds. The molecule has 0 bridgehead atoms. The van der Waals surface area contributed by atoms with Crippen LogP contribution in [0.2, 0.25) is 10.2 Å². The summed E-state index contributed by atoms with van der Waals surface area (Å²) < 4.78 is 1.46. The molecule has 0 unspecified atom stereocenters. The number of halogens is 2. The number of benzene rings is 1. The molecule has 1 aromatic heterocycles. The topological polar surface area (TPSA) is 34.9 Å². The van der Waals surface area contributed by atoms with Crippen LogP contribution in [0, 0.1) is 0 Å². The van der Waals surface area contributed by atoms with Gasteiger partial charge in [0.1, 0.15) is 5.02 Å². The molecule has 88 valence electrons. The molecule has 0 saturated heterocycles. The van der Waals surface area contributed by atoms with Crippen molar-refractivity contribution < 1.29 is 0 Å². The van der Waals surface area contributed by atoms with Crippen LogP contribution >= 0.6 is 23.2 Å². The molecular formula is C12H10Cl2N2O. The summed E-state index contributed by atoms with van der Waals surface area (Å²) in [6.45, 7) is 0.534. The van der Waals surface area contributed by atoms with Crippen LogP contribution in [0.4, 0.5) is 0 Å². The summed E-state index contributed by atoms with van der Waals surface area (Å²) in [6.07, 6.45) is 2.17. The molecule has 0 fully saturated rings. The number of rotatable bonds is 3. The Morgan fingerprint density at radius 1 is 1.18 bits per heavy atom. The van der Waals surface area contributed by atoms with E-state index >= 15 is 0 Å². The van der Waals surface area contributed by atoms with Crippen LogP contribution in [0.5, 0.6) is 0 Å². The van der Waals surface area contributed by atoms with E-state index in [1.165, 1.54) is 10.9 Å². The molecule has 0 atom stereocenters. The van der Waals surface area contributed by atoms with E-state index in [-0.39, 0.29) is 15.7 Å². The molecule has 0 aliphatic carbocycles. The summed E-state index contributed by atoms with van der Waals surface area (Å²) in [6, 6.07) is 9.90. The lowest BCUT2D eigenvalue weighted by Gasteiger charge is -2.06. The lowest BCUT2D eigenvalue weighted by molar-refractivity contribution is 0.655. The molecule has 0 aliphatic heterocycles. The Bertz CT molecular complexity index is 566. The van der Waals surface area contributed by atoms with Gasteiger partial charge in [-0.15, -0.1) is 0 Å². The largest absolute Gasteiger partial charge is 0.298 e. The fraction of sp³-hybridized carbons (Fsp3) is 0.167. The Balaban J connectivity index is 2.16. The Hall–Kier alpha value is -1.32. The first-order valence-corrected chi connectivity index (χ1v) is 5.88. The molecule has 0 aliphatic rings. The fourth-order valence-corrected chi connectivity index (χ4v) is 1.78. The van der Waals surface area contributed by atoms with Gasteiger partial charge in [-0.1, -0.05) is 53.5 Å². The summed E-state index contributed by atoms with van der Waals surface area (Å²) >= 11 is 11.4. The first-order chi connectivity index (χ1) is 8.18. The second kappa shape index (κ2) is 5.34. The van der Waals surface area contributed by atoms with Crippen LogP contribution in [0.3, 0.4) is 0 Å². The summed E-state index contributed by atoms with van der Waals surface area (Å²) in [5, 5.41) is 0.0230. The van der Waals surface area contributed by atoms with Crippen molar-refractivity contribution in [1.29, 1.82) is 0 Å². The van der Waals surface area contributed by atoms with Crippen LogP contribution in [-0.2, 0) is 13.0 Å². The maximum absolute atomic E-state index is 11.7. The van der Waals surface area contributed by atoms with E-state index in [1.54, 1.807) is 0 Å². The minimum atomic E-state index is -0.303. The predicted molar refractivity (Wildman–Crippen MR) is 68.7 cm³/mol. The molecule has 2 rings (SSSR count). The van der Waals surface area contributed by atoms with Gasteiger partial charge in [-0.05, 0) is 12.0 Å². The van der Waals surface area contributed by atoms with Crippen LogP contribution in [-0.4, -0.2) is 9.55 Å². The van der Waals surface area contributed by atoms with Crippen LogP contribution in [0.1, 0.15) is 5.56 Å². The molecule has 17 heavy (non-hydrogen) atoms. The smallest absolute Gasteiger partial charge is 0.273 e. The minimum Gasteiger partial charge on any atom is -0.298 e. The Kier molecular flexibility index (Phi) is 3.82. The SMILES string of the molecule is O=c1c(Cl)c(Cl)ncn1CCc1ccccc1. The van der Waals surface area contributed by atoms with Gasteiger partial charge in [0.2, 0.25) is 0 Å². The van der Waals surface area contributed by atoms with Crippen molar-refractivity contribution in [2.24, 2.45) is 0 Å². The highest BCUT2D eigenvalue weighted by Gasteiger charge is 2.06. The van der Waals surface area contributed by atoms with Gasteiger partial charge in [0.15, 0.2) is 5.15 Å². The summed E-state index contributed by atoms with van der Waals surface area (Å²) in [7, 11) is 0. The van der Waals surface area contributed by atoms with Gasteiger partial charge in [-0.3, -0.25) is 9.36 Å². The third-order valence-electron chi connectivity index (χ3n) is 2.42. The third-order valence-corrected chi connectivity index (χ3v) is 3.15. The number of nitrogens with zero attached hydrogens (tertiary/aromatic N) is 2. The van der Waals surface area contributed by atoms with E-state index in [9.17, 15) is 4.79 Å². The van der Waals surface area contributed by atoms with Gasteiger partial charge in [0.05, 0.1) is 6.33 Å². The molecule has 1 aromatic carbocycles. The van der Waals surface area contributed by atoms with Crippen molar-refractivity contribution in [3.63, 3.8) is 0 Å². The second-order valence-electron chi connectivity index (χ2n) is 3.58. The number of hydrogen-bond donors (Lipinski definition) is 0. The first-order valence-electron chi connectivity index (χ1n) is 5.13. The third kappa shape index (κ3) is 2.87. The predicted octanol–water partition coefficient (Wildman–Crippen LogP) is 2.79. The van der Waals surface area contributed by atoms with Crippen LogP contribution in [0.25, 0.3) is 0 Å². The molecule has 1 heterocycles. The fourth-order valence-electron chi connectivity index (χ4n) is 1.50. The van der Waals surface area contributed by atoms with Crippen molar-refractivity contribution in [2.75, 3.05) is 0 Å². The Morgan fingerprint density at radius 3 is 2.59 bits per heavy atom. The first kappa shape index (κ1) is 12.1. The van der Waals surface area contributed by atoms with Gasteiger partial charge in [0.25, 0.3) is 5.56 Å². The quantitative estimate of drug-likeness (QED) is 0.803. The highest BCUT2D eigenvalue weighted by atomic mass is 35.5. The van der Waals surface area contributed by atoms with Crippen LogP contribution in [0.15, 0.2) is 41.5 Å². The molecule has 0 radical (unpaired) electrons. The number of hydrogen-bond acceptors (Lipinski definition) is 2. The zero-order valence-electron chi connectivity index (χ0n) is 8.94. The van der Waals surface area contributed by atoms with Crippen molar-refractivity contribution in [1.82, 2.24) is 9.55 Å². The molecule has 0 spiro atoms. The summed E-state index contributed by atoms with van der Waals surface area (Å²) in [4.78, 5) is 15.6. The van der Waals surface area contributed by atoms with E-state index < -0.39 is 0 Å². The monoisotopic (exact) mass is 268 g/mol. The highest BCUT2D eigenvalue weighted by molar-refractivity contribution is 6.40. The number of aryl methyl sites for hydroxylation is 2. The lowest BCUT2D eigenvalue weighted by Crippen LogP contribution is -2.22. The van der Waals surface area contributed by atoms with Crippen LogP contribution < -0.4 is 5.56 Å². The molecule has 0 saturated carbocycles. The van der Waals surface area contributed by atoms with Gasteiger partial charge < -0.3 is 0 Å². The van der Waals surface area contributed by atoms with Gasteiger partial charge in [0, 0.05) is 6.54 Å². The van der Waals surface area contributed by atoms with Crippen molar-refractivity contribution >= 4 is 23.2 Å². The van der Waals surface area contributed by atoms with Gasteiger partial charge >= 0.3 is 0 Å².